The molecule has 1 aromatic carbocycles. The molecule has 128 valence electrons. The third-order valence-electron chi connectivity index (χ3n) is 3.58. The Morgan fingerprint density at radius 1 is 1.29 bits per heavy atom. The number of nitrogens with zero attached hydrogens (tertiary/aromatic N) is 2. The van der Waals surface area contributed by atoms with Crippen LogP contribution in [0.4, 0.5) is 0 Å². The van der Waals surface area contributed by atoms with Gasteiger partial charge in [0.15, 0.2) is 5.82 Å². The SMILES string of the molecule is Cc1noc(CCCC(=O)NCC(Cc2ccccc2)C(=O)O)n1. The van der Waals surface area contributed by atoms with E-state index in [0.29, 0.717) is 37.4 Å². The van der Waals surface area contributed by atoms with Gasteiger partial charge in [0, 0.05) is 19.4 Å². The number of rotatable bonds is 9. The Kier molecular flexibility index (Phi) is 6.48. The monoisotopic (exact) mass is 331 g/mol. The average Bonchev–Trinajstić information content (AvgIpc) is 2.97. The van der Waals surface area contributed by atoms with Crippen LogP contribution in [0.3, 0.4) is 0 Å². The molecule has 0 aliphatic heterocycles. The number of carboxylic acid groups (broad SMARTS) is 1. The van der Waals surface area contributed by atoms with Gasteiger partial charge in [0.05, 0.1) is 5.92 Å². The topological polar surface area (TPSA) is 105 Å². The number of hydrogen-bond donors (Lipinski definition) is 2. The lowest BCUT2D eigenvalue weighted by Gasteiger charge is -2.13. The first-order valence-corrected chi connectivity index (χ1v) is 7.87. The van der Waals surface area contributed by atoms with Gasteiger partial charge in [-0.3, -0.25) is 9.59 Å². The molecule has 0 saturated carbocycles. The molecule has 0 fully saturated rings. The van der Waals surface area contributed by atoms with Crippen molar-refractivity contribution in [1.29, 1.82) is 0 Å². The fourth-order valence-electron chi connectivity index (χ4n) is 2.31. The predicted molar refractivity (Wildman–Crippen MR) is 86.3 cm³/mol. The quantitative estimate of drug-likeness (QED) is 0.725. The molecule has 0 aliphatic rings. The number of amides is 1. The van der Waals surface area contributed by atoms with Crippen molar-refractivity contribution in [2.75, 3.05) is 6.54 Å². The number of aromatic nitrogens is 2. The second kappa shape index (κ2) is 8.81. The maximum Gasteiger partial charge on any atom is 0.308 e. The summed E-state index contributed by atoms with van der Waals surface area (Å²) in [6.45, 7) is 1.85. The predicted octanol–water partition coefficient (Wildman–Crippen LogP) is 1.76. The molecule has 7 nitrogen and oxygen atoms in total. The summed E-state index contributed by atoms with van der Waals surface area (Å²) in [5.74, 6) is -0.659. The van der Waals surface area contributed by atoms with Gasteiger partial charge in [-0.25, -0.2) is 0 Å². The molecule has 0 spiro atoms. The highest BCUT2D eigenvalue weighted by molar-refractivity contribution is 5.77. The molecule has 1 atom stereocenters. The van der Waals surface area contributed by atoms with Crippen molar-refractivity contribution < 1.29 is 19.2 Å². The Morgan fingerprint density at radius 2 is 2.04 bits per heavy atom. The third-order valence-corrected chi connectivity index (χ3v) is 3.58. The lowest BCUT2D eigenvalue weighted by atomic mass is 9.99. The molecule has 7 heteroatoms. The van der Waals surface area contributed by atoms with Crippen molar-refractivity contribution in [2.45, 2.75) is 32.6 Å². The maximum absolute atomic E-state index is 11.8. The van der Waals surface area contributed by atoms with Crippen LogP contribution in [0.15, 0.2) is 34.9 Å². The Bertz CT molecular complexity index is 669. The zero-order valence-electron chi connectivity index (χ0n) is 13.6. The van der Waals surface area contributed by atoms with E-state index in [1.165, 1.54) is 0 Å². The Balaban J connectivity index is 1.72. The molecule has 2 rings (SSSR count). The number of carbonyl (C=O) groups is 2. The van der Waals surface area contributed by atoms with E-state index in [4.69, 9.17) is 4.52 Å². The number of carbonyl (C=O) groups excluding carboxylic acids is 1. The molecule has 1 amide bonds. The van der Waals surface area contributed by atoms with E-state index >= 15 is 0 Å². The number of aryl methyl sites for hydroxylation is 2. The highest BCUT2D eigenvalue weighted by atomic mass is 16.5. The van der Waals surface area contributed by atoms with Crippen molar-refractivity contribution in [3.63, 3.8) is 0 Å². The Hall–Kier alpha value is -2.70. The summed E-state index contributed by atoms with van der Waals surface area (Å²) in [6, 6.07) is 9.37. The van der Waals surface area contributed by atoms with E-state index in [2.05, 4.69) is 15.5 Å². The molecule has 24 heavy (non-hydrogen) atoms. The van der Waals surface area contributed by atoms with Gasteiger partial charge in [-0.15, -0.1) is 0 Å². The normalized spacial score (nSPS) is 11.9. The molecule has 0 aliphatic carbocycles. The third kappa shape index (κ3) is 5.83. The fourth-order valence-corrected chi connectivity index (χ4v) is 2.31. The molecule has 0 bridgehead atoms. The van der Waals surface area contributed by atoms with Crippen LogP contribution < -0.4 is 5.32 Å². The Labute approximate surface area is 140 Å². The summed E-state index contributed by atoms with van der Waals surface area (Å²) in [7, 11) is 0. The number of carboxylic acids is 1. The van der Waals surface area contributed by atoms with Gasteiger partial charge in [-0.05, 0) is 25.3 Å². The number of benzene rings is 1. The van der Waals surface area contributed by atoms with Gasteiger partial charge in [-0.2, -0.15) is 4.98 Å². The molecular weight excluding hydrogens is 310 g/mol. The number of hydrogen-bond acceptors (Lipinski definition) is 5. The molecule has 0 radical (unpaired) electrons. The summed E-state index contributed by atoms with van der Waals surface area (Å²) >= 11 is 0. The van der Waals surface area contributed by atoms with E-state index in [1.807, 2.05) is 30.3 Å². The number of aliphatic carboxylic acids is 1. The van der Waals surface area contributed by atoms with Crippen LogP contribution in [-0.2, 0) is 22.4 Å². The molecule has 0 saturated heterocycles. The first-order chi connectivity index (χ1) is 11.5. The largest absolute Gasteiger partial charge is 0.481 e. The number of nitrogens with one attached hydrogen (secondary N) is 1. The van der Waals surface area contributed by atoms with Crippen molar-refractivity contribution in [1.82, 2.24) is 15.5 Å². The van der Waals surface area contributed by atoms with E-state index in [9.17, 15) is 14.7 Å². The molecule has 2 N–H and O–H groups in total. The first-order valence-electron chi connectivity index (χ1n) is 7.87. The average molecular weight is 331 g/mol. The highest BCUT2D eigenvalue weighted by Crippen LogP contribution is 2.09. The summed E-state index contributed by atoms with van der Waals surface area (Å²) in [4.78, 5) is 27.3. The van der Waals surface area contributed by atoms with Crippen LogP contribution in [0, 0.1) is 12.8 Å². The van der Waals surface area contributed by atoms with Crippen LogP contribution in [0.25, 0.3) is 0 Å². The summed E-state index contributed by atoms with van der Waals surface area (Å²) in [6.07, 6.45) is 1.78. The minimum atomic E-state index is -0.916. The molecule has 1 unspecified atom stereocenters. The van der Waals surface area contributed by atoms with Crippen molar-refractivity contribution in [3.8, 4) is 0 Å². The van der Waals surface area contributed by atoms with E-state index in [0.717, 1.165) is 5.56 Å². The summed E-state index contributed by atoms with van der Waals surface area (Å²) in [5.41, 5.74) is 0.936. The smallest absolute Gasteiger partial charge is 0.308 e. The molecule has 1 heterocycles. The van der Waals surface area contributed by atoms with Crippen LogP contribution in [0.2, 0.25) is 0 Å². The van der Waals surface area contributed by atoms with Gasteiger partial charge in [-0.1, -0.05) is 35.5 Å². The zero-order chi connectivity index (χ0) is 17.4. The molecule has 2 aromatic rings. The lowest BCUT2D eigenvalue weighted by molar-refractivity contribution is -0.141. The lowest BCUT2D eigenvalue weighted by Crippen LogP contribution is -2.34. The summed E-state index contributed by atoms with van der Waals surface area (Å²) in [5, 5.41) is 15.7. The molecule has 1 aromatic heterocycles. The van der Waals surface area contributed by atoms with Crippen molar-refractivity contribution in [2.24, 2.45) is 5.92 Å². The second-order valence-electron chi connectivity index (χ2n) is 5.62. The van der Waals surface area contributed by atoms with Gasteiger partial charge < -0.3 is 14.9 Å². The van der Waals surface area contributed by atoms with Crippen molar-refractivity contribution >= 4 is 11.9 Å². The van der Waals surface area contributed by atoms with E-state index in [1.54, 1.807) is 6.92 Å². The summed E-state index contributed by atoms with van der Waals surface area (Å²) < 4.78 is 4.97. The minimum Gasteiger partial charge on any atom is -0.481 e. The Morgan fingerprint density at radius 3 is 2.67 bits per heavy atom. The van der Waals surface area contributed by atoms with Gasteiger partial charge in [0.1, 0.15) is 0 Å². The fraction of sp³-hybridized carbons (Fsp3) is 0.412. The first kappa shape index (κ1) is 17.7. The van der Waals surface area contributed by atoms with E-state index in [-0.39, 0.29) is 12.5 Å². The maximum atomic E-state index is 11.8. The van der Waals surface area contributed by atoms with Crippen LogP contribution in [0.5, 0.6) is 0 Å². The standard InChI is InChI=1S/C17H21N3O4/c1-12-19-16(24-20-12)9-5-8-15(21)18-11-14(17(22)23)10-13-6-3-2-4-7-13/h2-4,6-7,14H,5,8-11H2,1H3,(H,18,21)(H,22,23). The van der Waals surface area contributed by atoms with Crippen LogP contribution >= 0.6 is 0 Å². The highest BCUT2D eigenvalue weighted by Gasteiger charge is 2.19. The van der Waals surface area contributed by atoms with Crippen LogP contribution in [0.1, 0.15) is 30.1 Å². The minimum absolute atomic E-state index is 0.114. The second-order valence-corrected chi connectivity index (χ2v) is 5.62. The van der Waals surface area contributed by atoms with Gasteiger partial charge >= 0.3 is 5.97 Å². The van der Waals surface area contributed by atoms with Crippen LogP contribution in [-0.4, -0.2) is 33.7 Å². The van der Waals surface area contributed by atoms with Gasteiger partial charge in [0.25, 0.3) is 0 Å². The van der Waals surface area contributed by atoms with Crippen molar-refractivity contribution in [3.05, 3.63) is 47.6 Å². The van der Waals surface area contributed by atoms with E-state index < -0.39 is 11.9 Å². The zero-order valence-corrected chi connectivity index (χ0v) is 13.6. The molecular formula is C17H21N3O4. The van der Waals surface area contributed by atoms with Gasteiger partial charge in [0.2, 0.25) is 11.8 Å².